The summed E-state index contributed by atoms with van der Waals surface area (Å²) in [5.74, 6) is -0.0970. The molecule has 2 N–H and O–H groups in total. The first kappa shape index (κ1) is 10.7. The lowest BCUT2D eigenvalue weighted by molar-refractivity contribution is -0.119. The maximum absolute atomic E-state index is 10.9. The van der Waals surface area contributed by atoms with Gasteiger partial charge in [-0.15, -0.1) is 0 Å². The Kier molecular flexibility index (Phi) is 4.07. The van der Waals surface area contributed by atoms with Gasteiger partial charge in [-0.25, -0.2) is 0 Å². The van der Waals surface area contributed by atoms with Crippen LogP contribution in [-0.4, -0.2) is 22.6 Å². The molecule has 1 aromatic rings. The standard InChI is InChI=1S/C10H14N2O2/c1-8(14)12-10(4-7-13)9-2-5-11-6-3-9/h2-3,5-6,10,13H,4,7H2,1H3,(H,12,14)/t10-/m1/s1. The van der Waals surface area contributed by atoms with E-state index < -0.39 is 0 Å². The molecule has 4 nitrogen and oxygen atoms in total. The van der Waals surface area contributed by atoms with Crippen LogP contribution >= 0.6 is 0 Å². The van der Waals surface area contributed by atoms with Gasteiger partial charge in [-0.05, 0) is 24.1 Å². The molecule has 0 saturated carbocycles. The molecule has 0 saturated heterocycles. The minimum Gasteiger partial charge on any atom is -0.396 e. The van der Waals surface area contributed by atoms with Crippen molar-refractivity contribution in [1.29, 1.82) is 0 Å². The predicted molar refractivity (Wildman–Crippen MR) is 52.5 cm³/mol. The van der Waals surface area contributed by atoms with Crippen molar-refractivity contribution < 1.29 is 9.90 Å². The number of aliphatic hydroxyl groups is 1. The van der Waals surface area contributed by atoms with Gasteiger partial charge in [-0.2, -0.15) is 0 Å². The summed E-state index contributed by atoms with van der Waals surface area (Å²) < 4.78 is 0. The lowest BCUT2D eigenvalue weighted by atomic mass is 10.1. The summed E-state index contributed by atoms with van der Waals surface area (Å²) in [5, 5.41) is 11.6. The van der Waals surface area contributed by atoms with Crippen LogP contribution in [0.25, 0.3) is 0 Å². The van der Waals surface area contributed by atoms with Crippen LogP contribution in [0.4, 0.5) is 0 Å². The van der Waals surface area contributed by atoms with E-state index in [-0.39, 0.29) is 18.6 Å². The third-order valence-electron chi connectivity index (χ3n) is 1.90. The Morgan fingerprint density at radius 2 is 2.21 bits per heavy atom. The van der Waals surface area contributed by atoms with Crippen LogP contribution in [0.1, 0.15) is 24.9 Å². The van der Waals surface area contributed by atoms with Gasteiger partial charge in [0.05, 0.1) is 6.04 Å². The second kappa shape index (κ2) is 5.34. The van der Waals surface area contributed by atoms with E-state index in [0.717, 1.165) is 5.56 Å². The van der Waals surface area contributed by atoms with Crippen molar-refractivity contribution in [3.8, 4) is 0 Å². The quantitative estimate of drug-likeness (QED) is 0.739. The number of rotatable bonds is 4. The van der Waals surface area contributed by atoms with Gasteiger partial charge in [0.25, 0.3) is 0 Å². The van der Waals surface area contributed by atoms with Crippen LogP contribution < -0.4 is 5.32 Å². The van der Waals surface area contributed by atoms with E-state index in [9.17, 15) is 4.79 Å². The number of amides is 1. The van der Waals surface area contributed by atoms with Crippen molar-refractivity contribution in [2.75, 3.05) is 6.61 Å². The summed E-state index contributed by atoms with van der Waals surface area (Å²) >= 11 is 0. The number of aromatic nitrogens is 1. The summed E-state index contributed by atoms with van der Waals surface area (Å²) in [6.07, 6.45) is 3.85. The molecule has 1 atom stereocenters. The van der Waals surface area contributed by atoms with Crippen molar-refractivity contribution >= 4 is 5.91 Å². The fourth-order valence-corrected chi connectivity index (χ4v) is 1.29. The molecule has 0 aliphatic heterocycles. The van der Waals surface area contributed by atoms with Gasteiger partial charge in [-0.1, -0.05) is 0 Å². The van der Waals surface area contributed by atoms with Crippen LogP contribution in [0.2, 0.25) is 0 Å². The molecule has 0 unspecified atom stereocenters. The molecular weight excluding hydrogens is 180 g/mol. The maximum Gasteiger partial charge on any atom is 0.217 e. The van der Waals surface area contributed by atoms with E-state index in [1.165, 1.54) is 6.92 Å². The fourth-order valence-electron chi connectivity index (χ4n) is 1.29. The molecule has 1 aromatic heterocycles. The smallest absolute Gasteiger partial charge is 0.217 e. The Hall–Kier alpha value is -1.42. The summed E-state index contributed by atoms with van der Waals surface area (Å²) in [7, 11) is 0. The molecule has 0 fully saturated rings. The number of carbonyl (C=O) groups excluding carboxylic acids is 1. The van der Waals surface area contributed by atoms with Crippen molar-refractivity contribution in [2.45, 2.75) is 19.4 Å². The molecule has 4 heteroatoms. The van der Waals surface area contributed by atoms with E-state index >= 15 is 0 Å². The number of hydrogen-bond acceptors (Lipinski definition) is 3. The molecule has 1 amide bonds. The van der Waals surface area contributed by atoms with Crippen LogP contribution in [0.3, 0.4) is 0 Å². The zero-order valence-corrected chi connectivity index (χ0v) is 8.10. The van der Waals surface area contributed by atoms with E-state index in [1.807, 2.05) is 12.1 Å². The number of nitrogens with one attached hydrogen (secondary N) is 1. The van der Waals surface area contributed by atoms with E-state index in [0.29, 0.717) is 6.42 Å². The number of hydrogen-bond donors (Lipinski definition) is 2. The second-order valence-electron chi connectivity index (χ2n) is 3.05. The molecule has 0 spiro atoms. The number of carbonyl (C=O) groups is 1. The van der Waals surface area contributed by atoms with Gasteiger partial charge in [0.15, 0.2) is 0 Å². The Balaban J connectivity index is 2.72. The van der Waals surface area contributed by atoms with Gasteiger partial charge < -0.3 is 10.4 Å². The molecule has 14 heavy (non-hydrogen) atoms. The van der Waals surface area contributed by atoms with Crippen LogP contribution in [0.5, 0.6) is 0 Å². The lowest BCUT2D eigenvalue weighted by Crippen LogP contribution is -2.26. The van der Waals surface area contributed by atoms with E-state index in [2.05, 4.69) is 10.3 Å². The SMILES string of the molecule is CC(=O)N[C@H](CCO)c1ccncc1. The molecule has 0 aromatic carbocycles. The van der Waals surface area contributed by atoms with E-state index in [1.54, 1.807) is 12.4 Å². The average Bonchev–Trinajstić information content (AvgIpc) is 2.18. The van der Waals surface area contributed by atoms with Gasteiger partial charge in [0, 0.05) is 25.9 Å². The summed E-state index contributed by atoms with van der Waals surface area (Å²) in [5.41, 5.74) is 0.962. The Bertz CT molecular complexity index is 287. The Morgan fingerprint density at radius 1 is 1.57 bits per heavy atom. The second-order valence-corrected chi connectivity index (χ2v) is 3.05. The van der Waals surface area contributed by atoms with Crippen molar-refractivity contribution in [1.82, 2.24) is 10.3 Å². The first-order valence-electron chi connectivity index (χ1n) is 4.52. The largest absolute Gasteiger partial charge is 0.396 e. The summed E-state index contributed by atoms with van der Waals surface area (Å²) in [6.45, 7) is 1.51. The third kappa shape index (κ3) is 3.14. The maximum atomic E-state index is 10.9. The topological polar surface area (TPSA) is 62.2 Å². The highest BCUT2D eigenvalue weighted by Crippen LogP contribution is 2.14. The van der Waals surface area contributed by atoms with Crippen molar-refractivity contribution in [3.63, 3.8) is 0 Å². The van der Waals surface area contributed by atoms with E-state index in [4.69, 9.17) is 5.11 Å². The van der Waals surface area contributed by atoms with Crippen LogP contribution in [-0.2, 0) is 4.79 Å². The first-order valence-corrected chi connectivity index (χ1v) is 4.52. The molecule has 1 rings (SSSR count). The molecule has 76 valence electrons. The van der Waals surface area contributed by atoms with Gasteiger partial charge >= 0.3 is 0 Å². The predicted octanol–water partition coefficient (Wildman–Crippen LogP) is 0.641. The van der Waals surface area contributed by atoms with Crippen molar-refractivity contribution in [2.24, 2.45) is 0 Å². The monoisotopic (exact) mass is 194 g/mol. The Labute approximate surface area is 83.0 Å². The number of nitrogens with zero attached hydrogens (tertiary/aromatic N) is 1. The van der Waals surface area contributed by atoms with Crippen LogP contribution in [0.15, 0.2) is 24.5 Å². The average molecular weight is 194 g/mol. The minimum atomic E-state index is -0.125. The molecule has 0 aliphatic rings. The zero-order valence-electron chi connectivity index (χ0n) is 8.10. The molecule has 1 heterocycles. The van der Waals surface area contributed by atoms with Crippen molar-refractivity contribution in [3.05, 3.63) is 30.1 Å². The number of pyridine rings is 1. The lowest BCUT2D eigenvalue weighted by Gasteiger charge is -2.16. The first-order chi connectivity index (χ1) is 6.74. The third-order valence-corrected chi connectivity index (χ3v) is 1.90. The van der Waals surface area contributed by atoms with Gasteiger partial charge in [0.1, 0.15) is 0 Å². The number of aliphatic hydroxyl groups excluding tert-OH is 1. The van der Waals surface area contributed by atoms with Gasteiger partial charge in [-0.3, -0.25) is 9.78 Å². The van der Waals surface area contributed by atoms with Crippen LogP contribution in [0, 0.1) is 0 Å². The molecular formula is C10H14N2O2. The Morgan fingerprint density at radius 3 is 2.71 bits per heavy atom. The highest BCUT2D eigenvalue weighted by atomic mass is 16.3. The molecule has 0 aliphatic carbocycles. The minimum absolute atomic E-state index is 0.0489. The summed E-state index contributed by atoms with van der Waals surface area (Å²) in [4.78, 5) is 14.8. The highest BCUT2D eigenvalue weighted by Gasteiger charge is 2.10. The fraction of sp³-hybridized carbons (Fsp3) is 0.400. The normalized spacial score (nSPS) is 12.1. The van der Waals surface area contributed by atoms with Gasteiger partial charge in [0.2, 0.25) is 5.91 Å². The molecule has 0 radical (unpaired) electrons. The summed E-state index contributed by atoms with van der Waals surface area (Å²) in [6, 6.07) is 3.53. The molecule has 0 bridgehead atoms. The highest BCUT2D eigenvalue weighted by molar-refractivity contribution is 5.73. The zero-order chi connectivity index (χ0) is 10.4.